The Morgan fingerprint density at radius 1 is 0.667 bits per heavy atom. The summed E-state index contributed by atoms with van der Waals surface area (Å²) in [7, 11) is 0. The molecule has 4 N–H and O–H groups in total. The Morgan fingerprint density at radius 3 is 0.667 bits per heavy atom. The zero-order chi connectivity index (χ0) is 2.00. The first-order valence-corrected chi connectivity index (χ1v) is 0.764. The molecule has 0 aliphatic carbocycles. The van der Waals surface area contributed by atoms with E-state index in [2.05, 4.69) is 0 Å². The third-order valence-corrected chi connectivity index (χ3v) is 0. The van der Waals surface area contributed by atoms with E-state index in [4.69, 9.17) is 3.47 Å². The van der Waals surface area contributed by atoms with Crippen LogP contribution in [0.4, 0.5) is 0 Å². The van der Waals surface area contributed by atoms with Crippen molar-refractivity contribution >= 4 is 0 Å². The van der Waals surface area contributed by atoms with Crippen LogP contribution in [0, 0.1) is 0 Å². The van der Waals surface area contributed by atoms with Crippen molar-refractivity contribution in [2.75, 3.05) is 0 Å². The van der Waals surface area contributed by atoms with Gasteiger partial charge in [0.05, 0.1) is 0 Å². The standard InChI is InChI=1S/4H2O.O.Pd/h4*1H2;;/q;;;;;+4/p-4. The summed E-state index contributed by atoms with van der Waals surface area (Å²) in [6, 6.07) is 0. The molecule has 0 fully saturated rings. The van der Waals surface area contributed by atoms with Crippen LogP contribution in [0.5, 0.6) is 0 Å². The molecular formula is H4O5Pd. The van der Waals surface area contributed by atoms with Crippen LogP contribution < -0.4 is 0 Å². The van der Waals surface area contributed by atoms with Crippen LogP contribution in [0.2, 0.25) is 0 Å². The van der Waals surface area contributed by atoms with E-state index >= 15 is 0 Å². The van der Waals surface area contributed by atoms with Gasteiger partial charge in [0.2, 0.25) is 0 Å². The van der Waals surface area contributed by atoms with Gasteiger partial charge in [0.25, 0.3) is 0 Å². The van der Waals surface area contributed by atoms with E-state index in [1.807, 2.05) is 0 Å². The zero-order valence-corrected chi connectivity index (χ0v) is 4.07. The molecule has 0 aliphatic heterocycles. The summed E-state index contributed by atoms with van der Waals surface area (Å²) in [6.45, 7) is 0. The summed E-state index contributed by atoms with van der Waals surface area (Å²) in [5, 5.41) is 0. The van der Waals surface area contributed by atoms with Crippen molar-refractivity contribution in [3.8, 4) is 0 Å². The van der Waals surface area contributed by atoms with E-state index in [1.165, 1.54) is 19.2 Å². The van der Waals surface area contributed by atoms with Crippen molar-refractivity contribution < 1.29 is 44.5 Å². The van der Waals surface area contributed by atoms with Gasteiger partial charge in [-0.05, 0) is 0 Å². The SMILES string of the molecule is [OH-].[OH-].[OH-].[OH-].[O]=[Pd+4]. The fraction of sp³-hybridized carbons (Fsp3) is 0. The van der Waals surface area contributed by atoms with Gasteiger partial charge in [0.1, 0.15) is 0 Å². The summed E-state index contributed by atoms with van der Waals surface area (Å²) in [6.07, 6.45) is 0. The fourth-order valence-corrected chi connectivity index (χ4v) is 0. The third-order valence-electron chi connectivity index (χ3n) is 0. The van der Waals surface area contributed by atoms with Gasteiger partial charge in [0.15, 0.2) is 0 Å². The van der Waals surface area contributed by atoms with Gasteiger partial charge in [-0.15, -0.1) is 0 Å². The van der Waals surface area contributed by atoms with Crippen molar-refractivity contribution in [3.63, 3.8) is 0 Å². The predicted molar refractivity (Wildman–Crippen MR) is 8.43 cm³/mol. The molecule has 0 atom stereocenters. The minimum absolute atomic E-state index is 0. The Bertz CT molecular complexity index is 3.90. The molecule has 0 aromatic heterocycles. The van der Waals surface area contributed by atoms with Gasteiger partial charge in [-0.2, -0.15) is 0 Å². The molecule has 0 rings (SSSR count). The first-order valence-electron chi connectivity index (χ1n) is 0.129. The quantitative estimate of drug-likeness (QED) is 0.459. The average Bonchev–Trinajstić information content (AvgIpc) is 1.00. The van der Waals surface area contributed by atoms with E-state index in [-0.39, 0.29) is 21.9 Å². The second kappa shape index (κ2) is 1070. The second-order valence-electron chi connectivity index (χ2n) is 0. The maximum absolute atomic E-state index is 8.10. The molecule has 6 heteroatoms. The number of rotatable bonds is 0. The molecule has 0 aromatic rings. The fourth-order valence-electron chi connectivity index (χ4n) is 0. The van der Waals surface area contributed by atoms with Crippen LogP contribution in [0.25, 0.3) is 0 Å². The Kier molecular flexibility index (Phi) is 18700. The second-order valence-corrected chi connectivity index (χ2v) is 0. The summed E-state index contributed by atoms with van der Waals surface area (Å²) in [5.41, 5.74) is 0. The molecule has 0 aromatic carbocycles. The van der Waals surface area contributed by atoms with Crippen molar-refractivity contribution in [1.29, 1.82) is 0 Å². The van der Waals surface area contributed by atoms with Crippen LogP contribution in [0.15, 0.2) is 0 Å². The van der Waals surface area contributed by atoms with E-state index in [9.17, 15) is 0 Å². The van der Waals surface area contributed by atoms with Gasteiger partial charge in [-0.25, -0.2) is 0 Å². The zero-order valence-electron chi connectivity index (χ0n) is 2.51. The molecule has 0 unspecified atom stereocenters. The molecule has 6 heavy (non-hydrogen) atoms. The molecule has 0 radical (unpaired) electrons. The Morgan fingerprint density at radius 2 is 0.667 bits per heavy atom. The topological polar surface area (TPSA) is 137 Å². The molecule has 0 bridgehead atoms. The average molecular weight is 190 g/mol. The van der Waals surface area contributed by atoms with E-state index in [0.29, 0.717) is 0 Å². The molecule has 0 aliphatic rings. The maximum atomic E-state index is 8.10. The summed E-state index contributed by atoms with van der Waals surface area (Å²) in [5.74, 6) is 0. The summed E-state index contributed by atoms with van der Waals surface area (Å²) in [4.78, 5) is 0. The normalized spacial score (nSPS) is 0.667. The van der Waals surface area contributed by atoms with Gasteiger partial charge in [-0.1, -0.05) is 0 Å². The molecule has 5 nitrogen and oxygen atoms in total. The van der Waals surface area contributed by atoms with Gasteiger partial charge >= 0.3 is 22.6 Å². The summed E-state index contributed by atoms with van der Waals surface area (Å²) < 4.78 is 8.10. The molecule has 0 spiro atoms. The molecule has 0 saturated carbocycles. The molecule has 0 saturated heterocycles. The molecule has 0 heterocycles. The van der Waals surface area contributed by atoms with Crippen LogP contribution >= 0.6 is 0 Å². The van der Waals surface area contributed by atoms with Crippen molar-refractivity contribution in [2.45, 2.75) is 0 Å². The van der Waals surface area contributed by atoms with Crippen molar-refractivity contribution in [3.05, 3.63) is 0 Å². The van der Waals surface area contributed by atoms with E-state index in [0.717, 1.165) is 0 Å². The first kappa shape index (κ1) is 104. The molecular weight excluding hydrogens is 186 g/mol. The van der Waals surface area contributed by atoms with E-state index in [1.54, 1.807) is 0 Å². The van der Waals surface area contributed by atoms with Crippen molar-refractivity contribution in [2.24, 2.45) is 0 Å². The van der Waals surface area contributed by atoms with Crippen LogP contribution in [-0.4, -0.2) is 21.9 Å². The molecule has 0 amide bonds. The number of hydrogen-bond donors (Lipinski definition) is 0. The minimum atomic E-state index is 0. The van der Waals surface area contributed by atoms with Gasteiger partial charge < -0.3 is 21.9 Å². The van der Waals surface area contributed by atoms with Gasteiger partial charge in [-0.3, -0.25) is 0 Å². The van der Waals surface area contributed by atoms with E-state index < -0.39 is 0 Å². The monoisotopic (exact) mass is 190 g/mol. The Balaban J connectivity index is -0.000000000833. The first-order chi connectivity index (χ1) is 1.00. The van der Waals surface area contributed by atoms with Crippen LogP contribution in [-0.2, 0) is 22.6 Å². The van der Waals surface area contributed by atoms with Gasteiger partial charge in [0, 0.05) is 0 Å². The van der Waals surface area contributed by atoms with Crippen molar-refractivity contribution in [1.82, 2.24) is 0 Å². The Labute approximate surface area is 45.3 Å². The third kappa shape index (κ3) is 513. The Hall–Kier alpha value is 0.302. The van der Waals surface area contributed by atoms with Crippen LogP contribution in [0.1, 0.15) is 0 Å². The summed E-state index contributed by atoms with van der Waals surface area (Å²) >= 11 is 1.50. The predicted octanol–water partition coefficient (Wildman–Crippen LogP) is -0.828. The molecule has 44 valence electrons. The number of hydrogen-bond acceptors (Lipinski definition) is 5. The van der Waals surface area contributed by atoms with Crippen LogP contribution in [0.3, 0.4) is 0 Å².